The third-order valence-corrected chi connectivity index (χ3v) is 6.05. The quantitative estimate of drug-likeness (QED) is 0.739. The molecule has 2 aliphatic heterocycles. The van der Waals surface area contributed by atoms with Gasteiger partial charge in [-0.1, -0.05) is 18.2 Å². The van der Waals surface area contributed by atoms with Crippen molar-refractivity contribution in [3.05, 3.63) is 72.2 Å². The number of rotatable bonds is 3. The van der Waals surface area contributed by atoms with Crippen molar-refractivity contribution in [3.8, 4) is 0 Å². The maximum atomic E-state index is 12.9. The van der Waals surface area contributed by atoms with Crippen molar-refractivity contribution in [2.24, 2.45) is 5.41 Å². The monoisotopic (exact) mass is 391 g/mol. The van der Waals surface area contributed by atoms with Gasteiger partial charge in [-0.15, -0.1) is 0 Å². The van der Waals surface area contributed by atoms with Crippen molar-refractivity contribution < 1.29 is 14.0 Å². The van der Waals surface area contributed by atoms with Crippen molar-refractivity contribution in [3.63, 3.8) is 0 Å². The van der Waals surface area contributed by atoms with Crippen molar-refractivity contribution in [1.29, 1.82) is 0 Å². The van der Waals surface area contributed by atoms with Crippen LogP contribution in [-0.4, -0.2) is 44.6 Å². The van der Waals surface area contributed by atoms with E-state index in [1.165, 1.54) is 12.6 Å². The molecule has 2 aromatic heterocycles. The molecule has 2 atom stereocenters. The number of hydrogen-bond donors (Lipinski definition) is 1. The average molecular weight is 391 g/mol. The lowest BCUT2D eigenvalue weighted by atomic mass is 9.74. The van der Waals surface area contributed by atoms with Crippen LogP contribution in [0.3, 0.4) is 0 Å². The summed E-state index contributed by atoms with van der Waals surface area (Å²) in [5.41, 5.74) is 0.316. The lowest BCUT2D eigenvalue weighted by Gasteiger charge is -2.40. The van der Waals surface area contributed by atoms with Gasteiger partial charge in [-0.2, -0.15) is 5.10 Å². The van der Waals surface area contributed by atoms with Gasteiger partial charge in [-0.05, 0) is 37.1 Å². The maximum absolute atomic E-state index is 12.9. The van der Waals surface area contributed by atoms with Crippen LogP contribution in [0.5, 0.6) is 0 Å². The summed E-state index contributed by atoms with van der Waals surface area (Å²) in [5.74, 6) is 0.813. The van der Waals surface area contributed by atoms with Gasteiger partial charge < -0.3 is 14.6 Å². The molecule has 148 valence electrons. The summed E-state index contributed by atoms with van der Waals surface area (Å²) in [6.45, 7) is 1.88. The van der Waals surface area contributed by atoms with Gasteiger partial charge in [-0.3, -0.25) is 9.59 Å². The molecule has 3 aromatic rings. The highest BCUT2D eigenvalue weighted by molar-refractivity contribution is 5.94. The Morgan fingerprint density at radius 1 is 1.10 bits per heavy atom. The van der Waals surface area contributed by atoms with Crippen LogP contribution in [-0.2, 0) is 6.54 Å². The van der Waals surface area contributed by atoms with Crippen LogP contribution in [0.1, 0.15) is 45.6 Å². The SMILES string of the molecule is O=C(N[C@@H]1c2ncnn2CC[C@]12CCN(C(=O)c1ccco1)C2)c1ccccc1. The molecule has 0 unspecified atom stereocenters. The fourth-order valence-electron chi connectivity index (χ4n) is 4.50. The molecule has 4 heterocycles. The lowest BCUT2D eigenvalue weighted by Crippen LogP contribution is -2.48. The van der Waals surface area contributed by atoms with Crippen LogP contribution in [0, 0.1) is 5.41 Å². The molecule has 8 nitrogen and oxygen atoms in total. The molecule has 1 fully saturated rings. The van der Waals surface area contributed by atoms with Gasteiger partial charge in [-0.25, -0.2) is 9.67 Å². The Kier molecular flexibility index (Phi) is 4.19. The van der Waals surface area contributed by atoms with Crippen molar-refractivity contribution in [2.75, 3.05) is 13.1 Å². The summed E-state index contributed by atoms with van der Waals surface area (Å²) in [4.78, 5) is 32.0. The molecule has 8 heteroatoms. The van der Waals surface area contributed by atoms with Gasteiger partial charge in [0.1, 0.15) is 12.2 Å². The van der Waals surface area contributed by atoms with Gasteiger partial charge in [0.25, 0.3) is 11.8 Å². The molecule has 1 spiro atoms. The Bertz CT molecular complexity index is 1030. The third-order valence-electron chi connectivity index (χ3n) is 6.05. The van der Waals surface area contributed by atoms with Gasteiger partial charge in [0.2, 0.25) is 0 Å². The van der Waals surface area contributed by atoms with Gasteiger partial charge in [0.15, 0.2) is 5.76 Å². The molecule has 2 amide bonds. The van der Waals surface area contributed by atoms with Crippen LogP contribution in [0.2, 0.25) is 0 Å². The van der Waals surface area contributed by atoms with E-state index in [-0.39, 0.29) is 23.3 Å². The third kappa shape index (κ3) is 3.00. The van der Waals surface area contributed by atoms with Crippen LogP contribution in [0.25, 0.3) is 0 Å². The van der Waals surface area contributed by atoms with E-state index in [2.05, 4.69) is 15.4 Å². The maximum Gasteiger partial charge on any atom is 0.289 e. The number of likely N-dealkylation sites (tertiary alicyclic amines) is 1. The minimum Gasteiger partial charge on any atom is -0.459 e. The van der Waals surface area contributed by atoms with E-state index in [9.17, 15) is 9.59 Å². The topological polar surface area (TPSA) is 93.3 Å². The number of fused-ring (bicyclic) bond motifs is 1. The smallest absolute Gasteiger partial charge is 0.289 e. The molecule has 29 heavy (non-hydrogen) atoms. The molecule has 1 saturated heterocycles. The number of nitrogens with one attached hydrogen (secondary N) is 1. The van der Waals surface area contributed by atoms with Crippen molar-refractivity contribution >= 4 is 11.8 Å². The normalized spacial score (nSPS) is 23.2. The van der Waals surface area contributed by atoms with Gasteiger partial charge in [0, 0.05) is 30.6 Å². The minimum absolute atomic E-state index is 0.118. The first-order valence-electron chi connectivity index (χ1n) is 9.73. The standard InChI is InChI=1S/C21H21N5O3/c27-19(15-5-2-1-3-6-15)24-17-18-22-14-23-26(18)11-9-21(17)8-10-25(13-21)20(28)16-7-4-12-29-16/h1-7,12,14,17H,8-11,13H2,(H,24,27)/t17-,21+/m1/s1. The molecule has 1 N–H and O–H groups in total. The molecule has 0 saturated carbocycles. The van der Waals surface area contributed by atoms with Crippen LogP contribution < -0.4 is 5.32 Å². The highest BCUT2D eigenvalue weighted by Crippen LogP contribution is 2.47. The summed E-state index contributed by atoms with van der Waals surface area (Å²) in [7, 11) is 0. The number of aryl methyl sites for hydroxylation is 1. The summed E-state index contributed by atoms with van der Waals surface area (Å²) < 4.78 is 7.13. The van der Waals surface area contributed by atoms with Gasteiger partial charge >= 0.3 is 0 Å². The van der Waals surface area contributed by atoms with Crippen LogP contribution in [0.15, 0.2) is 59.5 Å². The summed E-state index contributed by atoms with van der Waals surface area (Å²) in [6, 6.07) is 12.2. The molecule has 2 aliphatic rings. The Balaban J connectivity index is 1.44. The zero-order chi connectivity index (χ0) is 19.8. The minimum atomic E-state index is -0.319. The predicted octanol–water partition coefficient (Wildman–Crippen LogP) is 2.28. The fraction of sp³-hybridized carbons (Fsp3) is 0.333. The first kappa shape index (κ1) is 17.7. The second-order valence-electron chi connectivity index (χ2n) is 7.68. The molecule has 0 bridgehead atoms. The average Bonchev–Trinajstić information content (AvgIpc) is 3.52. The Labute approximate surface area is 167 Å². The number of aromatic nitrogens is 3. The van der Waals surface area contributed by atoms with E-state index in [0.29, 0.717) is 24.4 Å². The van der Waals surface area contributed by atoms with E-state index in [0.717, 1.165) is 25.2 Å². The molecule has 1 aromatic carbocycles. The second kappa shape index (κ2) is 6.88. The van der Waals surface area contributed by atoms with Crippen molar-refractivity contribution in [2.45, 2.75) is 25.4 Å². The summed E-state index contributed by atoms with van der Waals surface area (Å²) >= 11 is 0. The molecule has 0 radical (unpaired) electrons. The Morgan fingerprint density at radius 3 is 2.72 bits per heavy atom. The number of nitrogens with zero attached hydrogens (tertiary/aromatic N) is 4. The van der Waals surface area contributed by atoms with Crippen molar-refractivity contribution in [1.82, 2.24) is 25.0 Å². The number of amides is 2. The number of hydrogen-bond acceptors (Lipinski definition) is 5. The number of carbonyl (C=O) groups excluding carboxylic acids is 2. The summed E-state index contributed by atoms with van der Waals surface area (Å²) in [6.07, 6.45) is 4.62. The number of benzene rings is 1. The van der Waals surface area contributed by atoms with E-state index < -0.39 is 0 Å². The highest BCUT2D eigenvalue weighted by Gasteiger charge is 2.51. The first-order chi connectivity index (χ1) is 14.2. The highest BCUT2D eigenvalue weighted by atomic mass is 16.3. The Morgan fingerprint density at radius 2 is 1.93 bits per heavy atom. The van der Waals surface area contributed by atoms with E-state index in [1.807, 2.05) is 27.8 Å². The van der Waals surface area contributed by atoms with Crippen LogP contribution >= 0.6 is 0 Å². The van der Waals surface area contributed by atoms with E-state index in [4.69, 9.17) is 4.42 Å². The molecular weight excluding hydrogens is 370 g/mol. The second-order valence-corrected chi connectivity index (χ2v) is 7.68. The van der Waals surface area contributed by atoms with Crippen LogP contribution in [0.4, 0.5) is 0 Å². The number of furan rings is 1. The van der Waals surface area contributed by atoms with Gasteiger partial charge in [0.05, 0.1) is 12.3 Å². The largest absolute Gasteiger partial charge is 0.459 e. The van der Waals surface area contributed by atoms with E-state index in [1.54, 1.807) is 24.3 Å². The fourth-order valence-corrected chi connectivity index (χ4v) is 4.50. The predicted molar refractivity (Wildman–Crippen MR) is 103 cm³/mol. The lowest BCUT2D eigenvalue weighted by molar-refractivity contribution is 0.0678. The molecular formula is C21H21N5O3. The zero-order valence-electron chi connectivity index (χ0n) is 15.8. The zero-order valence-corrected chi connectivity index (χ0v) is 15.8. The molecule has 5 rings (SSSR count). The summed E-state index contributed by atoms with van der Waals surface area (Å²) in [5, 5.41) is 7.48. The first-order valence-corrected chi connectivity index (χ1v) is 9.73. The molecule has 0 aliphatic carbocycles. The number of carbonyl (C=O) groups is 2. The Hall–Kier alpha value is -3.42. The van der Waals surface area contributed by atoms with E-state index >= 15 is 0 Å².